The molecule has 1 saturated heterocycles. The van der Waals surface area contributed by atoms with Crippen molar-refractivity contribution in [2.45, 2.75) is 33.1 Å². The molecule has 0 aromatic carbocycles. The summed E-state index contributed by atoms with van der Waals surface area (Å²) in [5.74, 6) is 1.02. The van der Waals surface area contributed by atoms with Gasteiger partial charge in [0.05, 0.1) is 0 Å². The van der Waals surface area contributed by atoms with Crippen LogP contribution in [0.4, 0.5) is 0 Å². The van der Waals surface area contributed by atoms with Crippen molar-refractivity contribution in [2.75, 3.05) is 13.1 Å². The summed E-state index contributed by atoms with van der Waals surface area (Å²) >= 11 is 0. The second-order valence-electron chi connectivity index (χ2n) is 5.64. The fourth-order valence-electron chi connectivity index (χ4n) is 2.90. The van der Waals surface area contributed by atoms with Gasteiger partial charge in [-0.05, 0) is 31.1 Å². The van der Waals surface area contributed by atoms with Gasteiger partial charge in [-0.2, -0.15) is 0 Å². The van der Waals surface area contributed by atoms with Gasteiger partial charge in [0.1, 0.15) is 5.71 Å². The predicted octanol–water partition coefficient (Wildman–Crippen LogP) is 2.48. The number of carbonyl (C=O) groups excluding carboxylic acids is 1. The molecule has 0 radical (unpaired) electrons. The minimum absolute atomic E-state index is 0.0437. The Morgan fingerprint density at radius 2 is 2.24 bits per heavy atom. The van der Waals surface area contributed by atoms with Crippen LogP contribution in [0.2, 0.25) is 0 Å². The van der Waals surface area contributed by atoms with E-state index in [0.717, 1.165) is 32.4 Å². The third kappa shape index (κ3) is 2.59. The molecule has 3 heteroatoms. The van der Waals surface area contributed by atoms with Crippen LogP contribution < -0.4 is 0 Å². The standard InChI is InChI=1S/C14H22N2O/c1-10(2)9-16-8-7-11-5-3-4-6-12(11)13(15)14(16)17/h4,6,10-12,15H,3,5,7-9H2,1-2H3/t11-,12?/m0/s1. The van der Waals surface area contributed by atoms with Crippen LogP contribution in [0.3, 0.4) is 0 Å². The summed E-state index contributed by atoms with van der Waals surface area (Å²) in [5, 5.41) is 8.09. The van der Waals surface area contributed by atoms with E-state index < -0.39 is 0 Å². The van der Waals surface area contributed by atoms with Crippen LogP contribution in [0.25, 0.3) is 0 Å². The lowest BCUT2D eigenvalue weighted by atomic mass is 9.80. The fourth-order valence-corrected chi connectivity index (χ4v) is 2.90. The van der Waals surface area contributed by atoms with Crippen LogP contribution in [0.5, 0.6) is 0 Å². The monoisotopic (exact) mass is 234 g/mol. The fraction of sp³-hybridized carbons (Fsp3) is 0.714. The number of amides is 1. The van der Waals surface area contributed by atoms with Gasteiger partial charge in [0.15, 0.2) is 0 Å². The average molecular weight is 234 g/mol. The Labute approximate surface area is 103 Å². The summed E-state index contributed by atoms with van der Waals surface area (Å²) in [7, 11) is 0. The highest BCUT2D eigenvalue weighted by molar-refractivity contribution is 6.38. The summed E-state index contributed by atoms with van der Waals surface area (Å²) in [6, 6.07) is 0. The van der Waals surface area contributed by atoms with E-state index in [4.69, 9.17) is 5.41 Å². The summed E-state index contributed by atoms with van der Waals surface area (Å²) in [4.78, 5) is 14.1. The summed E-state index contributed by atoms with van der Waals surface area (Å²) < 4.78 is 0. The van der Waals surface area contributed by atoms with Gasteiger partial charge in [-0.1, -0.05) is 26.0 Å². The Balaban J connectivity index is 2.15. The van der Waals surface area contributed by atoms with Crippen LogP contribution in [-0.4, -0.2) is 29.6 Å². The first-order chi connectivity index (χ1) is 8.09. The number of likely N-dealkylation sites (tertiary alicyclic amines) is 1. The summed E-state index contributed by atoms with van der Waals surface area (Å²) in [5.41, 5.74) is 0.309. The van der Waals surface area contributed by atoms with E-state index in [9.17, 15) is 4.79 Å². The molecule has 1 aliphatic carbocycles. The van der Waals surface area contributed by atoms with Gasteiger partial charge < -0.3 is 4.90 Å². The summed E-state index contributed by atoms with van der Waals surface area (Å²) in [6.45, 7) is 5.85. The van der Waals surface area contributed by atoms with Gasteiger partial charge in [-0.15, -0.1) is 0 Å². The molecule has 0 spiro atoms. The van der Waals surface area contributed by atoms with Crippen molar-refractivity contribution in [3.8, 4) is 0 Å². The Bertz CT molecular complexity index is 346. The van der Waals surface area contributed by atoms with Crippen LogP contribution >= 0.6 is 0 Å². The third-order valence-electron chi connectivity index (χ3n) is 3.76. The van der Waals surface area contributed by atoms with Crippen molar-refractivity contribution >= 4 is 11.6 Å². The molecule has 2 atom stereocenters. The molecule has 1 aliphatic heterocycles. The summed E-state index contributed by atoms with van der Waals surface area (Å²) in [6.07, 6.45) is 7.49. The van der Waals surface area contributed by atoms with Crippen LogP contribution in [0.1, 0.15) is 33.1 Å². The van der Waals surface area contributed by atoms with Gasteiger partial charge >= 0.3 is 0 Å². The molecule has 94 valence electrons. The number of rotatable bonds is 2. The highest BCUT2D eigenvalue weighted by atomic mass is 16.2. The molecule has 1 unspecified atom stereocenters. The second kappa shape index (κ2) is 5.03. The maximum Gasteiger partial charge on any atom is 0.268 e. The molecule has 0 aromatic heterocycles. The van der Waals surface area contributed by atoms with Crippen LogP contribution in [0, 0.1) is 23.2 Å². The second-order valence-corrected chi connectivity index (χ2v) is 5.64. The average Bonchev–Trinajstić information content (AvgIpc) is 2.42. The third-order valence-corrected chi connectivity index (χ3v) is 3.76. The number of hydrogen-bond donors (Lipinski definition) is 1. The normalized spacial score (nSPS) is 29.5. The van der Waals surface area contributed by atoms with E-state index in [1.165, 1.54) is 0 Å². The number of nitrogens with one attached hydrogen (secondary N) is 1. The van der Waals surface area contributed by atoms with Gasteiger partial charge in [0.2, 0.25) is 0 Å². The van der Waals surface area contributed by atoms with Crippen molar-refractivity contribution in [3.05, 3.63) is 12.2 Å². The highest BCUT2D eigenvalue weighted by Crippen LogP contribution is 2.31. The van der Waals surface area contributed by atoms with Gasteiger partial charge in [-0.25, -0.2) is 0 Å². The van der Waals surface area contributed by atoms with Crippen LogP contribution in [0.15, 0.2) is 12.2 Å². The molecule has 0 saturated carbocycles. The van der Waals surface area contributed by atoms with Crippen molar-refractivity contribution in [2.24, 2.45) is 17.8 Å². The molecule has 17 heavy (non-hydrogen) atoms. The SMILES string of the molecule is CC(C)CN1CC[C@@H]2CCC=CC2C(=N)C1=O. The molecule has 0 bridgehead atoms. The van der Waals surface area contributed by atoms with Gasteiger partial charge in [-0.3, -0.25) is 10.2 Å². The molecule has 2 aliphatic rings. The maximum atomic E-state index is 12.2. The Morgan fingerprint density at radius 1 is 1.47 bits per heavy atom. The molecule has 0 aromatic rings. The first-order valence-corrected chi connectivity index (χ1v) is 6.64. The first kappa shape index (κ1) is 12.3. The molecular weight excluding hydrogens is 212 g/mol. The Hall–Kier alpha value is -1.12. The number of carbonyl (C=O) groups is 1. The molecule has 2 rings (SSSR count). The van der Waals surface area contributed by atoms with Crippen molar-refractivity contribution in [1.29, 1.82) is 5.41 Å². The zero-order valence-corrected chi connectivity index (χ0v) is 10.8. The number of fused-ring (bicyclic) bond motifs is 1. The van der Waals surface area contributed by atoms with Gasteiger partial charge in [0, 0.05) is 19.0 Å². The van der Waals surface area contributed by atoms with E-state index in [-0.39, 0.29) is 11.8 Å². The lowest BCUT2D eigenvalue weighted by molar-refractivity contribution is -0.124. The van der Waals surface area contributed by atoms with Crippen LogP contribution in [-0.2, 0) is 4.79 Å². The van der Waals surface area contributed by atoms with E-state index in [1.807, 2.05) is 4.90 Å². The van der Waals surface area contributed by atoms with E-state index in [2.05, 4.69) is 26.0 Å². The Kier molecular flexibility index (Phi) is 3.65. The van der Waals surface area contributed by atoms with Gasteiger partial charge in [0.25, 0.3) is 5.91 Å². The smallest absolute Gasteiger partial charge is 0.268 e. The van der Waals surface area contributed by atoms with E-state index in [0.29, 0.717) is 17.5 Å². The first-order valence-electron chi connectivity index (χ1n) is 6.64. The lowest BCUT2D eigenvalue weighted by Gasteiger charge is -2.24. The zero-order valence-electron chi connectivity index (χ0n) is 10.8. The minimum atomic E-state index is -0.0437. The van der Waals surface area contributed by atoms with Crippen molar-refractivity contribution < 1.29 is 4.79 Å². The quantitative estimate of drug-likeness (QED) is 0.733. The predicted molar refractivity (Wildman–Crippen MR) is 69.1 cm³/mol. The zero-order chi connectivity index (χ0) is 12.4. The topological polar surface area (TPSA) is 44.2 Å². The Morgan fingerprint density at radius 3 is 2.94 bits per heavy atom. The highest BCUT2D eigenvalue weighted by Gasteiger charge is 2.35. The van der Waals surface area contributed by atoms with Crippen molar-refractivity contribution in [3.63, 3.8) is 0 Å². The number of allylic oxidation sites excluding steroid dienone is 2. The van der Waals surface area contributed by atoms with Crippen molar-refractivity contribution in [1.82, 2.24) is 4.90 Å². The molecule has 1 amide bonds. The number of nitrogens with zero attached hydrogens (tertiary/aromatic N) is 1. The molecule has 1 heterocycles. The minimum Gasteiger partial charge on any atom is -0.337 e. The molecular formula is C14H22N2O. The molecule has 3 nitrogen and oxygen atoms in total. The van der Waals surface area contributed by atoms with E-state index in [1.54, 1.807) is 0 Å². The molecule has 1 fully saturated rings. The number of hydrogen-bond acceptors (Lipinski definition) is 2. The lowest BCUT2D eigenvalue weighted by Crippen LogP contribution is -2.39. The van der Waals surface area contributed by atoms with E-state index >= 15 is 0 Å². The molecule has 1 N–H and O–H groups in total. The maximum absolute atomic E-state index is 12.2. The largest absolute Gasteiger partial charge is 0.337 e.